The molecule has 196 valence electrons. The Labute approximate surface area is 209 Å². The van der Waals surface area contributed by atoms with E-state index in [-0.39, 0.29) is 5.69 Å². The second-order valence-electron chi connectivity index (χ2n) is 8.26. The molecule has 4 rings (SSSR count). The van der Waals surface area contributed by atoms with E-state index in [2.05, 4.69) is 39.1 Å². The van der Waals surface area contributed by atoms with Gasteiger partial charge in [0, 0.05) is 31.0 Å². The van der Waals surface area contributed by atoms with Crippen LogP contribution in [0.4, 0.5) is 32.3 Å². The van der Waals surface area contributed by atoms with Crippen LogP contribution in [0.15, 0.2) is 54.9 Å². The first-order valence-corrected chi connectivity index (χ1v) is 11.6. The highest BCUT2D eigenvalue weighted by Gasteiger charge is 2.32. The second kappa shape index (κ2) is 10.4. The second-order valence-corrected chi connectivity index (χ2v) is 8.26. The molecule has 0 fully saturated rings. The Balaban J connectivity index is 1.79. The summed E-state index contributed by atoms with van der Waals surface area (Å²) in [5.74, 6) is 0.314. The molecule has 6 nitrogen and oxygen atoms in total. The van der Waals surface area contributed by atoms with Crippen molar-refractivity contribution in [3.05, 3.63) is 66.0 Å². The predicted octanol–water partition coefficient (Wildman–Crippen LogP) is 6.25. The number of aromatic nitrogens is 4. The lowest BCUT2D eigenvalue weighted by Gasteiger charge is -2.18. The Bertz CT molecular complexity index is 1360. The van der Waals surface area contributed by atoms with Crippen molar-refractivity contribution in [3.63, 3.8) is 0 Å². The van der Waals surface area contributed by atoms with Gasteiger partial charge in [-0.3, -0.25) is 0 Å². The number of alkyl halides is 6. The van der Waals surface area contributed by atoms with E-state index < -0.39 is 23.5 Å². The van der Waals surface area contributed by atoms with E-state index in [1.54, 1.807) is 6.07 Å². The summed E-state index contributed by atoms with van der Waals surface area (Å²) in [6.45, 7) is 7.21. The van der Waals surface area contributed by atoms with Gasteiger partial charge >= 0.3 is 12.4 Å². The number of halogens is 6. The van der Waals surface area contributed by atoms with E-state index in [0.717, 1.165) is 48.5 Å². The number of likely N-dealkylation sites (N-methyl/N-ethyl adjacent to an activating group) is 1. The van der Waals surface area contributed by atoms with E-state index in [9.17, 15) is 26.3 Å². The number of hydrogen-bond acceptors (Lipinski definition) is 5. The third-order valence-electron chi connectivity index (χ3n) is 5.96. The fourth-order valence-corrected chi connectivity index (χ4v) is 3.94. The quantitative estimate of drug-likeness (QED) is 0.277. The van der Waals surface area contributed by atoms with Gasteiger partial charge in [-0.15, -0.1) is 0 Å². The van der Waals surface area contributed by atoms with Gasteiger partial charge < -0.3 is 10.2 Å². The molecule has 0 saturated heterocycles. The summed E-state index contributed by atoms with van der Waals surface area (Å²) in [4.78, 5) is 11.0. The first-order valence-electron chi connectivity index (χ1n) is 11.6. The predicted molar refractivity (Wildman–Crippen MR) is 128 cm³/mol. The zero-order valence-electron chi connectivity index (χ0n) is 20.0. The number of hydrogen-bond donors (Lipinski definition) is 1. The SMILES string of the molecule is CCN(CC)CCNc1nccc(-c2c(-c3ccc(C(F)(F)F)cc3)nn3cc(C(F)(F)F)ccc23)n1. The molecule has 3 aromatic heterocycles. The number of nitrogens with one attached hydrogen (secondary N) is 1. The lowest BCUT2D eigenvalue weighted by Crippen LogP contribution is -2.28. The summed E-state index contributed by atoms with van der Waals surface area (Å²) in [6.07, 6.45) is -6.77. The van der Waals surface area contributed by atoms with Crippen LogP contribution in [0.1, 0.15) is 25.0 Å². The summed E-state index contributed by atoms with van der Waals surface area (Å²) in [5, 5.41) is 7.45. The molecule has 0 aliphatic carbocycles. The molecule has 0 bridgehead atoms. The zero-order chi connectivity index (χ0) is 26.8. The lowest BCUT2D eigenvalue weighted by atomic mass is 10.0. The first kappa shape index (κ1) is 26.4. The Hall–Kier alpha value is -3.67. The molecular formula is C25H24F6N6. The highest BCUT2D eigenvalue weighted by Crippen LogP contribution is 2.38. The minimum absolute atomic E-state index is 0.195. The van der Waals surface area contributed by atoms with Gasteiger partial charge in [-0.2, -0.15) is 31.4 Å². The van der Waals surface area contributed by atoms with Crippen LogP contribution in [0.2, 0.25) is 0 Å². The minimum atomic E-state index is -4.59. The van der Waals surface area contributed by atoms with Crippen molar-refractivity contribution in [2.45, 2.75) is 26.2 Å². The number of pyridine rings is 1. The molecule has 0 radical (unpaired) electrons. The largest absolute Gasteiger partial charge is 0.417 e. The zero-order valence-corrected chi connectivity index (χ0v) is 20.0. The Morgan fingerprint density at radius 3 is 2.14 bits per heavy atom. The molecule has 0 saturated carbocycles. The standard InChI is InChI=1S/C25H24F6N6/c1-3-36(4-2)14-13-33-23-32-12-11-19(34-23)21-20-10-9-18(25(29,30)31)15-37(20)35-22(21)16-5-7-17(8-6-16)24(26,27)28/h5-12,15H,3-4,13-14H2,1-2H3,(H,32,33,34). The molecule has 37 heavy (non-hydrogen) atoms. The Morgan fingerprint density at radius 1 is 0.865 bits per heavy atom. The van der Waals surface area contributed by atoms with Crippen molar-refractivity contribution >= 4 is 11.5 Å². The molecule has 0 unspecified atom stereocenters. The van der Waals surface area contributed by atoms with E-state index in [4.69, 9.17) is 0 Å². The molecule has 1 N–H and O–H groups in total. The highest BCUT2D eigenvalue weighted by atomic mass is 19.4. The number of fused-ring (bicyclic) bond motifs is 1. The van der Waals surface area contributed by atoms with Crippen LogP contribution in [0.5, 0.6) is 0 Å². The van der Waals surface area contributed by atoms with Crippen LogP contribution in [0.25, 0.3) is 28.0 Å². The van der Waals surface area contributed by atoms with E-state index in [0.29, 0.717) is 34.8 Å². The lowest BCUT2D eigenvalue weighted by molar-refractivity contribution is -0.138. The summed E-state index contributed by atoms with van der Waals surface area (Å²) >= 11 is 0. The molecule has 3 heterocycles. The number of nitrogens with zero attached hydrogens (tertiary/aromatic N) is 5. The van der Waals surface area contributed by atoms with Gasteiger partial charge in [0.2, 0.25) is 5.95 Å². The monoisotopic (exact) mass is 522 g/mol. The molecule has 4 aromatic rings. The first-order chi connectivity index (χ1) is 17.5. The van der Waals surface area contributed by atoms with Crippen LogP contribution < -0.4 is 5.32 Å². The average Bonchev–Trinajstić information content (AvgIpc) is 3.25. The number of anilines is 1. The van der Waals surface area contributed by atoms with Crippen LogP contribution in [0, 0.1) is 0 Å². The van der Waals surface area contributed by atoms with Gasteiger partial charge in [-0.1, -0.05) is 26.0 Å². The van der Waals surface area contributed by atoms with Crippen molar-refractivity contribution in [3.8, 4) is 22.5 Å². The molecular weight excluding hydrogens is 498 g/mol. The van der Waals surface area contributed by atoms with E-state index >= 15 is 0 Å². The highest BCUT2D eigenvalue weighted by molar-refractivity contribution is 5.91. The van der Waals surface area contributed by atoms with E-state index in [1.165, 1.54) is 24.4 Å². The molecule has 0 aliphatic rings. The van der Waals surface area contributed by atoms with Crippen molar-refractivity contribution in [2.24, 2.45) is 0 Å². The molecule has 1 aromatic carbocycles. The molecule has 0 atom stereocenters. The van der Waals surface area contributed by atoms with Gasteiger partial charge in [0.05, 0.1) is 27.9 Å². The summed E-state index contributed by atoms with van der Waals surface area (Å²) < 4.78 is 80.3. The van der Waals surface area contributed by atoms with Crippen LogP contribution >= 0.6 is 0 Å². The van der Waals surface area contributed by atoms with Crippen molar-refractivity contribution in [1.29, 1.82) is 0 Å². The topological polar surface area (TPSA) is 58.3 Å². The third-order valence-corrected chi connectivity index (χ3v) is 5.96. The summed E-state index contributed by atoms with van der Waals surface area (Å²) in [5.41, 5.74) is -0.198. The maximum Gasteiger partial charge on any atom is 0.417 e. The number of benzene rings is 1. The van der Waals surface area contributed by atoms with Gasteiger partial charge in [-0.25, -0.2) is 14.5 Å². The van der Waals surface area contributed by atoms with Crippen LogP contribution in [-0.2, 0) is 12.4 Å². The van der Waals surface area contributed by atoms with Crippen molar-refractivity contribution in [1.82, 2.24) is 24.5 Å². The van der Waals surface area contributed by atoms with Gasteiger partial charge in [0.1, 0.15) is 5.69 Å². The fraction of sp³-hybridized carbons (Fsp3) is 0.320. The van der Waals surface area contributed by atoms with Crippen LogP contribution in [-0.4, -0.2) is 50.7 Å². The maximum absolute atomic E-state index is 13.3. The van der Waals surface area contributed by atoms with Gasteiger partial charge in [-0.05, 0) is 43.4 Å². The van der Waals surface area contributed by atoms with Crippen LogP contribution in [0.3, 0.4) is 0 Å². The summed E-state index contributed by atoms with van der Waals surface area (Å²) in [7, 11) is 0. The normalized spacial score (nSPS) is 12.5. The fourth-order valence-electron chi connectivity index (χ4n) is 3.94. The third kappa shape index (κ3) is 5.85. The maximum atomic E-state index is 13.3. The number of rotatable bonds is 8. The van der Waals surface area contributed by atoms with Crippen molar-refractivity contribution in [2.75, 3.05) is 31.5 Å². The Morgan fingerprint density at radius 2 is 1.51 bits per heavy atom. The molecule has 12 heteroatoms. The average molecular weight is 522 g/mol. The molecule has 0 spiro atoms. The molecule has 0 aliphatic heterocycles. The summed E-state index contributed by atoms with van der Waals surface area (Å²) in [6, 6.07) is 8.08. The Kier molecular flexibility index (Phi) is 7.39. The van der Waals surface area contributed by atoms with Crippen molar-refractivity contribution < 1.29 is 26.3 Å². The van der Waals surface area contributed by atoms with Gasteiger partial charge in [0.25, 0.3) is 0 Å². The van der Waals surface area contributed by atoms with E-state index in [1.807, 2.05) is 0 Å². The molecule has 0 amide bonds. The smallest absolute Gasteiger partial charge is 0.353 e. The van der Waals surface area contributed by atoms with Gasteiger partial charge in [0.15, 0.2) is 0 Å². The minimum Gasteiger partial charge on any atom is -0.353 e.